The molecule has 3 amide bonds. The molecule has 0 aliphatic carbocycles. The maximum absolute atomic E-state index is 14.0. The minimum absolute atomic E-state index is 0. The predicted octanol–water partition coefficient (Wildman–Crippen LogP) is 6.05. The number of rotatable bonds is 8. The van der Waals surface area contributed by atoms with Gasteiger partial charge in [-0.25, -0.2) is 9.59 Å². The highest BCUT2D eigenvalue weighted by molar-refractivity contribution is 6.43. The van der Waals surface area contributed by atoms with Gasteiger partial charge in [-0.2, -0.15) is 0 Å². The van der Waals surface area contributed by atoms with Gasteiger partial charge < -0.3 is 38.6 Å². The summed E-state index contributed by atoms with van der Waals surface area (Å²) in [4.78, 5) is 56.3. The Morgan fingerprint density at radius 3 is 2.33 bits per heavy atom. The summed E-state index contributed by atoms with van der Waals surface area (Å²) in [7, 11) is 5.97. The molecule has 14 nitrogen and oxygen atoms in total. The number of nitrogens with one attached hydrogen (secondary N) is 1. The van der Waals surface area contributed by atoms with Crippen molar-refractivity contribution in [3.63, 3.8) is 0 Å². The van der Waals surface area contributed by atoms with Gasteiger partial charge in [0.05, 0.1) is 25.3 Å². The second kappa shape index (κ2) is 21.4. The van der Waals surface area contributed by atoms with Gasteiger partial charge in [0.25, 0.3) is 0 Å². The van der Waals surface area contributed by atoms with E-state index in [2.05, 4.69) is 5.32 Å². The molecule has 0 saturated carbocycles. The summed E-state index contributed by atoms with van der Waals surface area (Å²) < 4.78 is 28.9. The summed E-state index contributed by atoms with van der Waals surface area (Å²) in [6.07, 6.45) is 1.02. The molecule has 3 aliphatic rings. The Hall–Kier alpha value is -2.82. The zero-order chi connectivity index (χ0) is 42.3. The van der Waals surface area contributed by atoms with E-state index in [0.717, 1.165) is 24.2 Å². The van der Waals surface area contributed by atoms with Crippen LogP contribution in [0, 0.1) is 5.92 Å². The lowest BCUT2D eigenvalue weighted by molar-refractivity contribution is -0.161. The smallest absolute Gasteiger partial charge is 0.409 e. The average molecular weight is 885 g/mol. The predicted molar refractivity (Wildman–Crippen MR) is 222 cm³/mol. The molecule has 4 bridgehead atoms. The van der Waals surface area contributed by atoms with E-state index >= 15 is 0 Å². The van der Waals surface area contributed by atoms with E-state index in [4.69, 9.17) is 58.5 Å². The normalized spacial score (nSPS) is 29.5. The SMILES string of the molecule is CCN(CC)C(Cl)Cl.COc1cc2cc(c1Cl)N(C)C(=O)C[C@H](OC(=O)[C@H](C)N(C)C(C)=O)[C@]1(C)O[C@H]1[C@H](C)[C@@H]1C[C@@](O)(NC(=O)O1)[C@H](OC)/C=C\C=C(\C)C2.Cl. The van der Waals surface area contributed by atoms with Gasteiger partial charge in [0, 0.05) is 40.5 Å². The number of benzene rings is 1. The van der Waals surface area contributed by atoms with Gasteiger partial charge in [-0.05, 0) is 58.0 Å². The number of epoxide rings is 1. The summed E-state index contributed by atoms with van der Waals surface area (Å²) in [5.41, 5.74) is -0.871. The number of esters is 1. The van der Waals surface area contributed by atoms with Crippen LogP contribution in [0.15, 0.2) is 35.9 Å². The van der Waals surface area contributed by atoms with Crippen molar-refractivity contribution < 1.29 is 48.0 Å². The van der Waals surface area contributed by atoms with Crippen molar-refractivity contribution in [2.24, 2.45) is 5.92 Å². The number of hydrogen-bond acceptors (Lipinski definition) is 11. The molecule has 8 atom stereocenters. The van der Waals surface area contributed by atoms with E-state index in [-0.39, 0.29) is 41.1 Å². The number of alkyl carbamates (subject to hydrolysis) is 1. The summed E-state index contributed by atoms with van der Waals surface area (Å²) in [6.45, 7) is 14.2. The fourth-order valence-electron chi connectivity index (χ4n) is 6.77. The molecule has 18 heteroatoms. The number of allylic oxidation sites excluding steroid dienone is 3. The Balaban J connectivity index is 0.00000112. The Bertz CT molecular complexity index is 1650. The van der Waals surface area contributed by atoms with E-state index in [0.29, 0.717) is 17.9 Å². The number of carbonyl (C=O) groups excluding carboxylic acids is 4. The maximum Gasteiger partial charge on any atom is 0.409 e. The third-order valence-electron chi connectivity index (χ3n) is 10.7. The highest BCUT2D eigenvalue weighted by atomic mass is 35.5. The first-order chi connectivity index (χ1) is 26.2. The first-order valence-electron chi connectivity index (χ1n) is 18.5. The van der Waals surface area contributed by atoms with E-state index in [1.807, 2.05) is 31.7 Å². The van der Waals surface area contributed by atoms with E-state index in [9.17, 15) is 24.3 Å². The lowest BCUT2D eigenvalue weighted by atomic mass is 9.83. The minimum Gasteiger partial charge on any atom is -0.495 e. The molecule has 1 aromatic carbocycles. The number of ether oxygens (including phenoxy) is 5. The summed E-state index contributed by atoms with van der Waals surface area (Å²) >= 11 is 17.8. The fourth-order valence-corrected chi connectivity index (χ4v) is 7.64. The maximum atomic E-state index is 14.0. The van der Waals surface area contributed by atoms with Crippen LogP contribution in [0.25, 0.3) is 0 Å². The van der Waals surface area contributed by atoms with Gasteiger partial charge >= 0.3 is 12.1 Å². The van der Waals surface area contributed by atoms with Crippen LogP contribution in [-0.4, -0.2) is 127 Å². The zero-order valence-electron chi connectivity index (χ0n) is 34.5. The topological polar surface area (TPSA) is 160 Å². The molecule has 2 N–H and O–H groups in total. The molecule has 57 heavy (non-hydrogen) atoms. The van der Waals surface area contributed by atoms with Crippen LogP contribution in [0.3, 0.4) is 0 Å². The number of hydrogen-bond donors (Lipinski definition) is 2. The van der Waals surface area contributed by atoms with Crippen molar-refractivity contribution in [1.82, 2.24) is 15.1 Å². The fraction of sp³-hybridized carbons (Fsp3) is 0.641. The molecular formula is C39H58Cl4N4O10. The number of anilines is 1. The Morgan fingerprint density at radius 2 is 1.81 bits per heavy atom. The average Bonchev–Trinajstić information content (AvgIpc) is 3.84. The molecule has 322 valence electrons. The molecule has 3 heterocycles. The van der Waals surface area contributed by atoms with Crippen LogP contribution in [0.4, 0.5) is 10.5 Å². The second-order valence-corrected chi connectivity index (χ2v) is 16.0. The van der Waals surface area contributed by atoms with E-state index < -0.39 is 65.7 Å². The highest BCUT2D eigenvalue weighted by Gasteiger charge is 2.64. The number of halogens is 4. The van der Waals surface area contributed by atoms with Crippen LogP contribution >= 0.6 is 47.2 Å². The van der Waals surface area contributed by atoms with Crippen molar-refractivity contribution >= 4 is 76.8 Å². The molecule has 0 radical (unpaired) electrons. The second-order valence-electron chi connectivity index (χ2n) is 14.5. The molecule has 2 fully saturated rings. The molecular weight excluding hydrogens is 826 g/mol. The molecule has 1 aromatic rings. The van der Waals surface area contributed by atoms with E-state index in [1.54, 1.807) is 45.2 Å². The Morgan fingerprint density at radius 1 is 1.18 bits per heavy atom. The van der Waals surface area contributed by atoms with Crippen molar-refractivity contribution in [3.8, 4) is 5.75 Å². The standard InChI is InChI=1S/C34H46ClN3O10.C5H11Cl2N.ClH/c1-18-11-10-12-26(45-9)34(43)17-25(46-32(42)36-34)19(2)30-33(5,48-30)27(47-31(41)20(3)37(6)21(4)39)16-28(40)38(7)23-14-22(13-18)15-24(44-8)29(23)35;1-3-8(4-2)5(6)7;/h10-12,14-15,19-20,25-27,30,43H,13,16-17H2,1-9H3,(H,36,42);5H,3-4H2,1-2H3;1H/b12-10-,18-11-;;/t19-,20+,25+,26-,27+,30+,33+,34+;;/m1../s1. The number of amides is 3. The van der Waals surface area contributed by atoms with Gasteiger partial charge in [-0.3, -0.25) is 19.8 Å². The molecule has 2 saturated heterocycles. The van der Waals surface area contributed by atoms with Crippen LogP contribution in [0.2, 0.25) is 5.02 Å². The largest absolute Gasteiger partial charge is 0.495 e. The lowest BCUT2D eigenvalue weighted by Gasteiger charge is -2.42. The Labute approximate surface area is 357 Å². The minimum atomic E-state index is -1.81. The molecule has 3 aliphatic heterocycles. The van der Waals surface area contributed by atoms with Gasteiger partial charge in [0.2, 0.25) is 11.8 Å². The molecule has 4 rings (SSSR count). The number of fused-ring (bicyclic) bond motifs is 5. The van der Waals surface area contributed by atoms with Gasteiger partial charge in [0.1, 0.15) is 40.7 Å². The molecule has 0 aromatic heterocycles. The number of alkyl halides is 2. The zero-order valence-corrected chi connectivity index (χ0v) is 37.6. The van der Waals surface area contributed by atoms with Crippen molar-refractivity contribution in [1.29, 1.82) is 0 Å². The quantitative estimate of drug-likeness (QED) is 0.136. The first-order valence-corrected chi connectivity index (χ1v) is 19.8. The van der Waals surface area contributed by atoms with Gasteiger partial charge in [-0.15, -0.1) is 12.4 Å². The number of likely N-dealkylation sites (N-methyl/N-ethyl adjacent to an activating group) is 1. The summed E-state index contributed by atoms with van der Waals surface area (Å²) in [5, 5.41) is 14.4. The third kappa shape index (κ3) is 12.4. The summed E-state index contributed by atoms with van der Waals surface area (Å²) in [5.74, 6) is -1.63. The van der Waals surface area contributed by atoms with Crippen LogP contribution in [0.5, 0.6) is 5.75 Å². The van der Waals surface area contributed by atoms with Crippen LogP contribution < -0.4 is 15.0 Å². The number of carbonyl (C=O) groups is 4. The third-order valence-corrected chi connectivity index (χ3v) is 11.6. The van der Waals surface area contributed by atoms with Crippen LogP contribution in [0.1, 0.15) is 66.9 Å². The van der Waals surface area contributed by atoms with Gasteiger partial charge in [0.15, 0.2) is 10.7 Å². The molecule has 0 unspecified atom stereocenters. The summed E-state index contributed by atoms with van der Waals surface area (Å²) in [6, 6.07) is 2.63. The number of nitrogens with zero attached hydrogens (tertiary/aromatic N) is 3. The lowest BCUT2D eigenvalue weighted by Crippen LogP contribution is -2.63. The van der Waals surface area contributed by atoms with Crippen molar-refractivity contribution in [3.05, 3.63) is 46.5 Å². The van der Waals surface area contributed by atoms with E-state index in [1.165, 1.54) is 44.9 Å². The number of aliphatic hydroxyl groups is 1. The number of methoxy groups -OCH3 is 2. The molecule has 0 spiro atoms. The first kappa shape index (κ1) is 50.3. The Kier molecular flexibility index (Phi) is 18.9. The highest BCUT2D eigenvalue weighted by Crippen LogP contribution is 2.49. The van der Waals surface area contributed by atoms with Crippen molar-refractivity contribution in [2.75, 3.05) is 46.3 Å². The van der Waals surface area contributed by atoms with Gasteiger partial charge in [-0.1, -0.05) is 79.4 Å². The van der Waals surface area contributed by atoms with Crippen LogP contribution in [-0.2, 0) is 39.8 Å². The van der Waals surface area contributed by atoms with Crippen molar-refractivity contribution in [2.45, 2.75) is 114 Å². The monoisotopic (exact) mass is 882 g/mol.